The predicted octanol–water partition coefficient (Wildman–Crippen LogP) is 8.75. The van der Waals surface area contributed by atoms with E-state index in [0.717, 1.165) is 22.3 Å². The molecule has 0 fully saturated rings. The normalized spacial score (nSPS) is 11.4. The monoisotopic (exact) mass is 533 g/mol. The van der Waals surface area contributed by atoms with Crippen LogP contribution in [-0.2, 0) is 0 Å². The first kappa shape index (κ1) is 25.6. The Morgan fingerprint density at radius 3 is 1.32 bits per heavy atom. The second kappa shape index (κ2) is 10.8. The Kier molecular flexibility index (Phi) is 6.93. The van der Waals surface area contributed by atoms with Crippen molar-refractivity contribution in [3.8, 4) is 56.4 Å². The van der Waals surface area contributed by atoms with Gasteiger partial charge in [-0.25, -0.2) is 15.0 Å². The largest absolute Gasteiger partial charge is 0.208 e. The van der Waals surface area contributed by atoms with Gasteiger partial charge in [-0.15, -0.1) is 0 Å². The molecule has 4 heteroatoms. The minimum absolute atomic E-state index is 0.662. The number of hydrogen-bond donors (Lipinski definition) is 0. The standard InChI is InChI=1S/C36H31N3Si/c1-40(2,3)33-23-11-10-22-32(33)30-20-12-18-28(24-30)29-19-13-21-31(25-29)36-38-34(26-14-6-4-7-15-26)37-35(39-36)27-16-8-5-9-17-27/h4-25H,1-3H3. The Balaban J connectivity index is 1.44. The Bertz CT molecular complexity index is 1720. The van der Waals surface area contributed by atoms with Crippen molar-refractivity contribution < 1.29 is 0 Å². The van der Waals surface area contributed by atoms with Crippen LogP contribution in [0.2, 0.25) is 19.6 Å². The molecule has 0 saturated heterocycles. The van der Waals surface area contributed by atoms with Crippen molar-refractivity contribution in [2.45, 2.75) is 19.6 Å². The van der Waals surface area contributed by atoms with E-state index in [9.17, 15) is 0 Å². The van der Waals surface area contributed by atoms with Crippen LogP contribution >= 0.6 is 0 Å². The minimum Gasteiger partial charge on any atom is -0.208 e. The first-order valence-corrected chi connectivity index (χ1v) is 17.1. The molecule has 1 aromatic heterocycles. The highest BCUT2D eigenvalue weighted by Crippen LogP contribution is 2.30. The van der Waals surface area contributed by atoms with Crippen molar-refractivity contribution in [2.75, 3.05) is 0 Å². The van der Waals surface area contributed by atoms with Crippen LogP contribution in [0.4, 0.5) is 0 Å². The van der Waals surface area contributed by atoms with Gasteiger partial charge in [0, 0.05) is 16.7 Å². The van der Waals surface area contributed by atoms with Gasteiger partial charge in [-0.2, -0.15) is 0 Å². The Morgan fingerprint density at radius 2 is 0.775 bits per heavy atom. The summed E-state index contributed by atoms with van der Waals surface area (Å²) in [5.74, 6) is 1.99. The van der Waals surface area contributed by atoms with Gasteiger partial charge in [0.05, 0.1) is 8.07 Å². The fraction of sp³-hybridized carbons (Fsp3) is 0.0833. The summed E-state index contributed by atoms with van der Waals surface area (Å²) in [7, 11) is -1.50. The van der Waals surface area contributed by atoms with E-state index >= 15 is 0 Å². The highest BCUT2D eigenvalue weighted by Gasteiger charge is 2.20. The summed E-state index contributed by atoms with van der Waals surface area (Å²) in [5.41, 5.74) is 7.78. The molecule has 0 aliphatic carbocycles. The molecular formula is C36H31N3Si. The summed E-state index contributed by atoms with van der Waals surface area (Å²) in [6.45, 7) is 7.21. The zero-order chi connectivity index (χ0) is 27.5. The van der Waals surface area contributed by atoms with Crippen molar-refractivity contribution in [3.05, 3.63) is 133 Å². The smallest absolute Gasteiger partial charge is 0.164 e. The SMILES string of the molecule is C[Si](C)(C)c1ccccc1-c1cccc(-c2cccc(-c3nc(-c4ccccc4)nc(-c4ccccc4)n3)c2)c1. The summed E-state index contributed by atoms with van der Waals surface area (Å²) >= 11 is 0. The zero-order valence-corrected chi connectivity index (χ0v) is 24.0. The zero-order valence-electron chi connectivity index (χ0n) is 23.0. The molecule has 40 heavy (non-hydrogen) atoms. The third kappa shape index (κ3) is 5.40. The molecule has 0 N–H and O–H groups in total. The van der Waals surface area contributed by atoms with Gasteiger partial charge in [0.15, 0.2) is 17.5 Å². The lowest BCUT2D eigenvalue weighted by Gasteiger charge is -2.21. The maximum Gasteiger partial charge on any atom is 0.164 e. The maximum atomic E-state index is 4.92. The summed E-state index contributed by atoms with van der Waals surface area (Å²) in [6, 6.07) is 46.4. The van der Waals surface area contributed by atoms with Gasteiger partial charge < -0.3 is 0 Å². The van der Waals surface area contributed by atoms with Crippen LogP contribution in [0.3, 0.4) is 0 Å². The van der Waals surface area contributed by atoms with Crippen LogP contribution in [0.25, 0.3) is 56.4 Å². The van der Waals surface area contributed by atoms with E-state index in [-0.39, 0.29) is 0 Å². The van der Waals surface area contributed by atoms with Crippen molar-refractivity contribution in [1.82, 2.24) is 15.0 Å². The number of nitrogens with zero attached hydrogens (tertiary/aromatic N) is 3. The van der Waals surface area contributed by atoms with Gasteiger partial charge >= 0.3 is 0 Å². The first-order chi connectivity index (χ1) is 19.5. The highest BCUT2D eigenvalue weighted by molar-refractivity contribution is 6.89. The molecular weight excluding hydrogens is 503 g/mol. The molecule has 6 aromatic rings. The van der Waals surface area contributed by atoms with Gasteiger partial charge in [0.25, 0.3) is 0 Å². The fourth-order valence-electron chi connectivity index (χ4n) is 5.03. The molecule has 6 rings (SSSR count). The van der Waals surface area contributed by atoms with Crippen molar-refractivity contribution in [2.24, 2.45) is 0 Å². The van der Waals surface area contributed by atoms with E-state index in [4.69, 9.17) is 15.0 Å². The number of aromatic nitrogens is 3. The Hall–Kier alpha value is -4.67. The molecule has 0 radical (unpaired) electrons. The highest BCUT2D eigenvalue weighted by atomic mass is 28.3. The molecule has 0 atom stereocenters. The van der Waals surface area contributed by atoms with Crippen LogP contribution in [-0.4, -0.2) is 23.0 Å². The van der Waals surface area contributed by atoms with Gasteiger partial charge in [0.2, 0.25) is 0 Å². The predicted molar refractivity (Wildman–Crippen MR) is 170 cm³/mol. The van der Waals surface area contributed by atoms with Gasteiger partial charge in [-0.1, -0.05) is 146 Å². The van der Waals surface area contributed by atoms with E-state index < -0.39 is 8.07 Å². The molecule has 0 bridgehead atoms. The van der Waals surface area contributed by atoms with Crippen LogP contribution < -0.4 is 5.19 Å². The summed E-state index contributed by atoms with van der Waals surface area (Å²) in [5, 5.41) is 1.48. The lowest BCUT2D eigenvalue weighted by atomic mass is 9.98. The molecule has 0 aliphatic heterocycles. The summed E-state index contributed by atoms with van der Waals surface area (Å²) in [6.07, 6.45) is 0. The summed E-state index contributed by atoms with van der Waals surface area (Å²) in [4.78, 5) is 14.7. The van der Waals surface area contributed by atoms with Gasteiger partial charge in [-0.05, 0) is 34.4 Å². The van der Waals surface area contributed by atoms with Crippen molar-refractivity contribution in [1.29, 1.82) is 0 Å². The molecule has 1 heterocycles. The van der Waals surface area contributed by atoms with Crippen molar-refractivity contribution in [3.63, 3.8) is 0 Å². The Morgan fingerprint density at radius 1 is 0.375 bits per heavy atom. The first-order valence-electron chi connectivity index (χ1n) is 13.6. The molecule has 3 nitrogen and oxygen atoms in total. The van der Waals surface area contributed by atoms with E-state index in [1.807, 2.05) is 60.7 Å². The van der Waals surface area contributed by atoms with Crippen LogP contribution in [0.1, 0.15) is 0 Å². The average molecular weight is 534 g/mol. The van der Waals surface area contributed by atoms with Crippen LogP contribution in [0.15, 0.2) is 133 Å². The fourth-order valence-corrected chi connectivity index (χ4v) is 6.66. The van der Waals surface area contributed by atoms with Crippen LogP contribution in [0, 0.1) is 0 Å². The molecule has 0 aliphatic rings. The lowest BCUT2D eigenvalue weighted by Crippen LogP contribution is -2.38. The Labute approximate surface area is 237 Å². The second-order valence-corrected chi connectivity index (χ2v) is 16.0. The average Bonchev–Trinajstić information content (AvgIpc) is 3.01. The molecule has 0 spiro atoms. The quantitative estimate of drug-likeness (QED) is 0.201. The van der Waals surface area contributed by atoms with E-state index in [1.165, 1.54) is 21.9 Å². The van der Waals surface area contributed by atoms with Gasteiger partial charge in [0.1, 0.15) is 0 Å². The van der Waals surface area contributed by atoms with E-state index in [0.29, 0.717) is 17.5 Å². The maximum absolute atomic E-state index is 4.92. The number of rotatable bonds is 6. The van der Waals surface area contributed by atoms with E-state index in [1.54, 1.807) is 0 Å². The molecule has 0 unspecified atom stereocenters. The molecule has 5 aromatic carbocycles. The van der Waals surface area contributed by atoms with Crippen molar-refractivity contribution >= 4 is 13.3 Å². The van der Waals surface area contributed by atoms with Gasteiger partial charge in [-0.3, -0.25) is 0 Å². The lowest BCUT2D eigenvalue weighted by molar-refractivity contribution is 1.07. The second-order valence-electron chi connectivity index (χ2n) is 11.0. The third-order valence-electron chi connectivity index (χ3n) is 7.06. The van der Waals surface area contributed by atoms with Crippen LogP contribution in [0.5, 0.6) is 0 Å². The topological polar surface area (TPSA) is 38.7 Å². The molecule has 0 saturated carbocycles. The summed E-state index contributed by atoms with van der Waals surface area (Å²) < 4.78 is 0. The molecule has 0 amide bonds. The third-order valence-corrected chi connectivity index (χ3v) is 9.11. The van der Waals surface area contributed by atoms with E-state index in [2.05, 4.69) is 92.4 Å². The molecule has 194 valence electrons. The minimum atomic E-state index is -1.50. The number of benzene rings is 5. The number of hydrogen-bond acceptors (Lipinski definition) is 3.